The number of primary sulfonamides is 1. The molecule has 0 aliphatic rings. The first kappa shape index (κ1) is 17.2. The van der Waals surface area contributed by atoms with Crippen molar-refractivity contribution in [3.8, 4) is 0 Å². The van der Waals surface area contributed by atoms with Gasteiger partial charge in [0, 0.05) is 17.8 Å². The fraction of sp³-hybridized carbons (Fsp3) is 0.300. The maximum Gasteiger partial charge on any atom is 0.256 e. The maximum atomic E-state index is 12.1. The third-order valence-electron chi connectivity index (χ3n) is 2.44. The lowest BCUT2D eigenvalue weighted by Crippen LogP contribution is -2.29. The van der Waals surface area contributed by atoms with Gasteiger partial charge in [0.05, 0.1) is 26.2 Å². The Labute approximate surface area is 127 Å². The first-order valence-corrected chi connectivity index (χ1v) is 9.05. The van der Waals surface area contributed by atoms with E-state index < -0.39 is 33.5 Å². The Hall–Kier alpha value is -0.810. The summed E-state index contributed by atoms with van der Waals surface area (Å²) in [5, 5.41) is 14.0. The SMILES string of the molecule is CN(CO)C(=O)c1cc(S(N)(=O)=O)c(Br)cc1S(C)=O. The van der Waals surface area contributed by atoms with Gasteiger partial charge < -0.3 is 10.0 Å². The molecule has 20 heavy (non-hydrogen) atoms. The summed E-state index contributed by atoms with van der Waals surface area (Å²) in [7, 11) is -4.24. The van der Waals surface area contributed by atoms with Gasteiger partial charge in [-0.15, -0.1) is 0 Å². The van der Waals surface area contributed by atoms with Gasteiger partial charge in [-0.1, -0.05) is 0 Å². The van der Waals surface area contributed by atoms with E-state index in [0.717, 1.165) is 11.0 Å². The number of nitrogens with two attached hydrogens (primary N) is 1. The molecule has 3 N–H and O–H groups in total. The van der Waals surface area contributed by atoms with Crippen molar-refractivity contribution in [1.82, 2.24) is 4.90 Å². The van der Waals surface area contributed by atoms with Gasteiger partial charge in [0.15, 0.2) is 0 Å². The van der Waals surface area contributed by atoms with Crippen molar-refractivity contribution in [1.29, 1.82) is 0 Å². The van der Waals surface area contributed by atoms with Crippen LogP contribution in [0.1, 0.15) is 10.4 Å². The van der Waals surface area contributed by atoms with Crippen LogP contribution >= 0.6 is 15.9 Å². The van der Waals surface area contributed by atoms with Crippen molar-refractivity contribution in [3.05, 3.63) is 22.2 Å². The zero-order chi connectivity index (χ0) is 15.7. The van der Waals surface area contributed by atoms with Crippen molar-refractivity contribution < 1.29 is 22.5 Å². The highest BCUT2D eigenvalue weighted by Gasteiger charge is 2.23. The Balaban J connectivity index is 3.63. The van der Waals surface area contributed by atoms with Gasteiger partial charge in [0.25, 0.3) is 5.91 Å². The van der Waals surface area contributed by atoms with Gasteiger partial charge >= 0.3 is 0 Å². The first-order valence-electron chi connectivity index (χ1n) is 5.15. The van der Waals surface area contributed by atoms with E-state index in [1.165, 1.54) is 19.4 Å². The zero-order valence-electron chi connectivity index (χ0n) is 10.7. The number of sulfonamides is 1. The molecule has 0 radical (unpaired) electrons. The molecule has 1 unspecified atom stereocenters. The summed E-state index contributed by atoms with van der Waals surface area (Å²) in [5.41, 5.74) is -0.0883. The molecule has 10 heteroatoms. The second-order valence-electron chi connectivity index (χ2n) is 3.92. The minimum atomic E-state index is -4.04. The van der Waals surface area contributed by atoms with Gasteiger partial charge in [0.2, 0.25) is 10.0 Å². The highest BCUT2D eigenvalue weighted by molar-refractivity contribution is 9.10. The third-order valence-corrected chi connectivity index (χ3v) is 5.27. The van der Waals surface area contributed by atoms with E-state index in [1.807, 2.05) is 0 Å². The van der Waals surface area contributed by atoms with Crippen molar-refractivity contribution in [2.45, 2.75) is 9.79 Å². The number of carbonyl (C=O) groups excluding carboxylic acids is 1. The second kappa shape index (κ2) is 6.31. The molecule has 0 bridgehead atoms. The van der Waals surface area contributed by atoms with Crippen LogP contribution in [0.4, 0.5) is 0 Å². The summed E-state index contributed by atoms with van der Waals surface area (Å²) >= 11 is 3.02. The number of aliphatic hydroxyl groups is 1. The minimum Gasteiger partial charge on any atom is -0.376 e. The molecule has 112 valence electrons. The van der Waals surface area contributed by atoms with E-state index in [-0.39, 0.29) is 19.8 Å². The number of hydrogen-bond donors (Lipinski definition) is 2. The summed E-state index contributed by atoms with van der Waals surface area (Å²) in [4.78, 5) is 12.9. The van der Waals surface area contributed by atoms with Crippen LogP contribution in [0.2, 0.25) is 0 Å². The lowest BCUT2D eigenvalue weighted by molar-refractivity contribution is 0.0625. The number of carbonyl (C=O) groups is 1. The molecule has 1 amide bonds. The average molecular weight is 385 g/mol. The van der Waals surface area contributed by atoms with Crippen LogP contribution in [0.3, 0.4) is 0 Å². The number of amides is 1. The van der Waals surface area contributed by atoms with Crippen molar-refractivity contribution in [2.75, 3.05) is 20.0 Å². The van der Waals surface area contributed by atoms with Crippen molar-refractivity contribution in [3.63, 3.8) is 0 Å². The summed E-state index contributed by atoms with van der Waals surface area (Å²) in [6.07, 6.45) is 1.36. The van der Waals surface area contributed by atoms with Crippen molar-refractivity contribution >= 4 is 42.7 Å². The number of nitrogens with zero attached hydrogens (tertiary/aromatic N) is 1. The fourth-order valence-corrected chi connectivity index (χ4v) is 3.95. The Kier molecular flexibility index (Phi) is 5.44. The van der Waals surface area contributed by atoms with Gasteiger partial charge in [-0.2, -0.15) is 0 Å². The summed E-state index contributed by atoms with van der Waals surface area (Å²) in [6.45, 7) is -0.560. The Morgan fingerprint density at radius 1 is 1.50 bits per heavy atom. The van der Waals surface area contributed by atoms with E-state index in [0.29, 0.717) is 0 Å². The van der Waals surface area contributed by atoms with E-state index in [4.69, 9.17) is 10.2 Å². The van der Waals surface area contributed by atoms with Crippen LogP contribution in [-0.2, 0) is 20.8 Å². The monoisotopic (exact) mass is 384 g/mol. The predicted molar refractivity (Wildman–Crippen MR) is 77.0 cm³/mol. The number of rotatable bonds is 4. The number of aliphatic hydroxyl groups excluding tert-OH is 1. The summed E-state index contributed by atoms with van der Waals surface area (Å²) < 4.78 is 34.7. The molecule has 0 fully saturated rings. The quantitative estimate of drug-likeness (QED) is 0.700. The Morgan fingerprint density at radius 2 is 2.05 bits per heavy atom. The molecule has 0 aromatic heterocycles. The van der Waals surface area contributed by atoms with Gasteiger partial charge in [0.1, 0.15) is 6.73 Å². The molecule has 7 nitrogen and oxygen atoms in total. The minimum absolute atomic E-state index is 0.0883. The molecule has 1 aromatic rings. The standard InChI is InChI=1S/C10H13BrN2O5S2/c1-13(5-14)10(15)6-3-9(20(12,17)18)7(11)4-8(6)19(2)16/h3-4,14H,5H2,1-2H3,(H2,12,17,18). The van der Waals surface area contributed by atoms with Crippen LogP contribution in [0.25, 0.3) is 0 Å². The Morgan fingerprint density at radius 3 is 2.45 bits per heavy atom. The van der Waals surface area contributed by atoms with Gasteiger partial charge in [-0.25, -0.2) is 13.6 Å². The maximum absolute atomic E-state index is 12.1. The lowest BCUT2D eigenvalue weighted by atomic mass is 10.2. The molecule has 0 saturated carbocycles. The average Bonchev–Trinajstić information content (AvgIpc) is 2.34. The molecule has 1 rings (SSSR count). The zero-order valence-corrected chi connectivity index (χ0v) is 13.9. The molecule has 0 aliphatic heterocycles. The lowest BCUT2D eigenvalue weighted by Gasteiger charge is -2.17. The number of halogens is 1. The number of benzene rings is 1. The summed E-state index contributed by atoms with van der Waals surface area (Å²) in [6, 6.07) is 2.32. The van der Waals surface area contributed by atoms with Crippen LogP contribution < -0.4 is 5.14 Å². The van der Waals surface area contributed by atoms with Gasteiger partial charge in [-0.3, -0.25) is 9.00 Å². The topological polar surface area (TPSA) is 118 Å². The highest BCUT2D eigenvalue weighted by atomic mass is 79.9. The molecule has 0 saturated heterocycles. The molecular weight excluding hydrogens is 372 g/mol. The van der Waals surface area contributed by atoms with Crippen LogP contribution in [0.5, 0.6) is 0 Å². The molecule has 1 atom stereocenters. The van der Waals surface area contributed by atoms with E-state index in [1.54, 1.807) is 0 Å². The van der Waals surface area contributed by atoms with E-state index >= 15 is 0 Å². The normalized spacial score (nSPS) is 13.1. The molecule has 0 heterocycles. The molecule has 0 spiro atoms. The van der Waals surface area contributed by atoms with Crippen molar-refractivity contribution in [2.24, 2.45) is 5.14 Å². The fourth-order valence-electron chi connectivity index (χ4n) is 1.43. The van der Waals surface area contributed by atoms with Crippen LogP contribution in [0.15, 0.2) is 26.4 Å². The predicted octanol–water partition coefficient (Wildman–Crippen LogP) is -0.144. The largest absolute Gasteiger partial charge is 0.376 e. The smallest absolute Gasteiger partial charge is 0.256 e. The third kappa shape index (κ3) is 3.64. The van der Waals surface area contributed by atoms with Crippen LogP contribution in [-0.4, -0.2) is 48.6 Å². The van der Waals surface area contributed by atoms with Crippen LogP contribution in [0, 0.1) is 0 Å². The molecular formula is C10H13BrN2O5S2. The first-order chi connectivity index (χ1) is 9.09. The second-order valence-corrected chi connectivity index (χ2v) is 7.65. The Bertz CT molecular complexity index is 674. The van der Waals surface area contributed by atoms with E-state index in [9.17, 15) is 17.4 Å². The summed E-state index contributed by atoms with van der Waals surface area (Å²) in [5.74, 6) is -0.657. The van der Waals surface area contributed by atoms with Gasteiger partial charge in [-0.05, 0) is 28.1 Å². The van der Waals surface area contributed by atoms with E-state index in [2.05, 4.69) is 15.9 Å². The highest BCUT2D eigenvalue weighted by Crippen LogP contribution is 2.27. The number of hydrogen-bond acceptors (Lipinski definition) is 5. The molecule has 1 aromatic carbocycles. The molecule has 0 aliphatic carbocycles.